The van der Waals surface area contributed by atoms with Crippen molar-refractivity contribution in [2.45, 2.75) is 238 Å². The first-order valence-corrected chi connectivity index (χ1v) is 27.9. The minimum atomic E-state index is -4.39. The molecule has 0 aromatic carbocycles. The van der Waals surface area contributed by atoms with Crippen LogP contribution in [0.25, 0.3) is 0 Å². The first-order chi connectivity index (χ1) is 31.8. The molecule has 2 atom stereocenters. The number of nitrogens with two attached hydrogens (primary N) is 1. The molecule has 0 spiro atoms. The number of unbranched alkanes of at least 4 members (excludes halogenated alkanes) is 24. The predicted molar refractivity (Wildman–Crippen MR) is 275 cm³/mol. The van der Waals surface area contributed by atoms with E-state index in [9.17, 15) is 19.0 Å². The molecule has 0 saturated heterocycles. The van der Waals surface area contributed by atoms with Gasteiger partial charge in [0.2, 0.25) is 0 Å². The summed E-state index contributed by atoms with van der Waals surface area (Å²) in [6.45, 7) is 3.61. The number of hydrogen-bond acceptors (Lipinski definition) is 8. The molecule has 0 rings (SSSR count). The van der Waals surface area contributed by atoms with Crippen molar-refractivity contribution in [2.24, 2.45) is 5.73 Å². The molecule has 0 aliphatic carbocycles. The molecule has 65 heavy (non-hydrogen) atoms. The van der Waals surface area contributed by atoms with Gasteiger partial charge in [-0.3, -0.25) is 18.6 Å². The third-order valence-corrected chi connectivity index (χ3v) is 12.1. The van der Waals surface area contributed by atoms with E-state index in [0.29, 0.717) is 6.42 Å². The summed E-state index contributed by atoms with van der Waals surface area (Å²) in [7, 11) is -4.39. The van der Waals surface area contributed by atoms with Gasteiger partial charge in [0.15, 0.2) is 6.10 Å². The van der Waals surface area contributed by atoms with Crippen molar-refractivity contribution in [2.75, 3.05) is 26.4 Å². The second kappa shape index (κ2) is 50.9. The van der Waals surface area contributed by atoms with Crippen LogP contribution in [0.2, 0.25) is 0 Å². The summed E-state index contributed by atoms with van der Waals surface area (Å²) in [4.78, 5) is 35.1. The largest absolute Gasteiger partial charge is 0.472 e. The zero-order valence-electron chi connectivity index (χ0n) is 41.7. The van der Waals surface area contributed by atoms with Crippen molar-refractivity contribution < 1.29 is 37.6 Å². The van der Waals surface area contributed by atoms with Gasteiger partial charge >= 0.3 is 19.8 Å². The maximum atomic E-state index is 12.7. The molecule has 2 unspecified atom stereocenters. The van der Waals surface area contributed by atoms with Crippen LogP contribution in [0, 0.1) is 0 Å². The van der Waals surface area contributed by atoms with Crippen LogP contribution in [0.1, 0.15) is 232 Å². The number of esters is 2. The number of carbonyl (C=O) groups is 2. The molecular formula is C55H98NO8P. The van der Waals surface area contributed by atoms with Crippen molar-refractivity contribution in [3.63, 3.8) is 0 Å². The van der Waals surface area contributed by atoms with Crippen molar-refractivity contribution in [3.8, 4) is 0 Å². The van der Waals surface area contributed by atoms with E-state index < -0.39 is 26.5 Å². The lowest BCUT2D eigenvalue weighted by atomic mass is 10.0. The molecule has 0 saturated carbocycles. The summed E-state index contributed by atoms with van der Waals surface area (Å²) in [5, 5.41) is 0. The highest BCUT2D eigenvalue weighted by atomic mass is 31.2. The zero-order chi connectivity index (χ0) is 47.4. The number of phosphoric acid groups is 1. The smallest absolute Gasteiger partial charge is 0.462 e. The van der Waals surface area contributed by atoms with Gasteiger partial charge in [-0.2, -0.15) is 0 Å². The standard InChI is InChI=1S/C55H98NO8P/c1-3-5-7-9-11-13-15-17-19-21-23-25-26-28-29-31-33-35-37-39-41-43-45-47-54(57)61-51-53(52-63-65(59,60)62-50-49-56)64-55(58)48-46-44-42-40-38-36-34-32-30-27-24-22-20-18-16-14-12-10-8-6-4-2/h6,8,12,14,18,20-21,23-24,27,32,34,53H,3-5,7,9-11,13,15-17,19,22,25-26,28-31,33,35-52,56H2,1-2H3,(H,59,60)/b8-6-,14-12-,20-18-,23-21-,27-24-,34-32-. The molecule has 0 aromatic heterocycles. The molecule has 0 heterocycles. The van der Waals surface area contributed by atoms with Crippen molar-refractivity contribution in [3.05, 3.63) is 72.9 Å². The average Bonchev–Trinajstić information content (AvgIpc) is 3.30. The second-order valence-electron chi connectivity index (χ2n) is 17.4. The molecule has 0 aliphatic heterocycles. The van der Waals surface area contributed by atoms with E-state index >= 15 is 0 Å². The maximum absolute atomic E-state index is 12.7. The van der Waals surface area contributed by atoms with E-state index in [-0.39, 0.29) is 38.6 Å². The van der Waals surface area contributed by atoms with Crippen LogP contribution in [-0.4, -0.2) is 49.3 Å². The molecule has 0 aromatic rings. The third-order valence-electron chi connectivity index (χ3n) is 11.1. The quantitative estimate of drug-likeness (QED) is 0.0265. The fraction of sp³-hybridized carbons (Fsp3) is 0.745. The molecule has 0 amide bonds. The number of hydrogen-bond donors (Lipinski definition) is 2. The Balaban J connectivity index is 4.07. The highest BCUT2D eigenvalue weighted by molar-refractivity contribution is 7.47. The van der Waals surface area contributed by atoms with Gasteiger partial charge in [0, 0.05) is 19.4 Å². The number of rotatable bonds is 49. The summed E-state index contributed by atoms with van der Waals surface area (Å²) in [6, 6.07) is 0. The second-order valence-corrected chi connectivity index (χ2v) is 18.8. The lowest BCUT2D eigenvalue weighted by Gasteiger charge is -2.19. The van der Waals surface area contributed by atoms with E-state index in [0.717, 1.165) is 83.5 Å². The Labute approximate surface area is 399 Å². The Morgan fingerprint density at radius 3 is 1.28 bits per heavy atom. The van der Waals surface area contributed by atoms with Gasteiger partial charge in [-0.25, -0.2) is 4.57 Å². The normalized spacial score (nSPS) is 13.7. The first kappa shape index (κ1) is 62.4. The first-order valence-electron chi connectivity index (χ1n) is 26.4. The fourth-order valence-electron chi connectivity index (χ4n) is 7.19. The van der Waals surface area contributed by atoms with Gasteiger partial charge in [0.25, 0.3) is 0 Å². The predicted octanol–water partition coefficient (Wildman–Crippen LogP) is 16.2. The summed E-state index contributed by atoms with van der Waals surface area (Å²) >= 11 is 0. The number of allylic oxidation sites excluding steroid dienone is 12. The average molecular weight is 932 g/mol. The Kier molecular flexibility index (Phi) is 48.9. The van der Waals surface area contributed by atoms with Crippen molar-refractivity contribution in [1.29, 1.82) is 0 Å². The molecule has 0 fully saturated rings. The van der Waals surface area contributed by atoms with Crippen LogP contribution in [-0.2, 0) is 32.7 Å². The highest BCUT2D eigenvalue weighted by Gasteiger charge is 2.26. The van der Waals surface area contributed by atoms with Crippen LogP contribution < -0.4 is 5.73 Å². The van der Waals surface area contributed by atoms with Crippen LogP contribution in [0.3, 0.4) is 0 Å². The van der Waals surface area contributed by atoms with Gasteiger partial charge < -0.3 is 20.1 Å². The maximum Gasteiger partial charge on any atom is 0.472 e. The molecule has 9 nitrogen and oxygen atoms in total. The topological polar surface area (TPSA) is 134 Å². The number of carbonyl (C=O) groups excluding carboxylic acids is 2. The summed E-state index contributed by atoms with van der Waals surface area (Å²) < 4.78 is 32.9. The Bertz CT molecular complexity index is 1290. The van der Waals surface area contributed by atoms with Gasteiger partial charge in [-0.1, -0.05) is 209 Å². The van der Waals surface area contributed by atoms with E-state index in [1.54, 1.807) is 0 Å². The molecule has 376 valence electrons. The van der Waals surface area contributed by atoms with E-state index in [1.807, 2.05) is 0 Å². The van der Waals surface area contributed by atoms with Crippen LogP contribution in [0.5, 0.6) is 0 Å². The van der Waals surface area contributed by atoms with Crippen LogP contribution in [0.15, 0.2) is 72.9 Å². The lowest BCUT2D eigenvalue weighted by Crippen LogP contribution is -2.29. The molecule has 0 bridgehead atoms. The molecule has 10 heteroatoms. The Morgan fingerprint density at radius 2 is 0.846 bits per heavy atom. The number of phosphoric ester groups is 1. The van der Waals surface area contributed by atoms with Gasteiger partial charge in [0.05, 0.1) is 13.2 Å². The monoisotopic (exact) mass is 932 g/mol. The minimum absolute atomic E-state index is 0.0469. The van der Waals surface area contributed by atoms with E-state index in [2.05, 4.69) is 86.8 Å². The van der Waals surface area contributed by atoms with Gasteiger partial charge in [0.1, 0.15) is 6.61 Å². The molecule has 3 N–H and O–H groups in total. The van der Waals surface area contributed by atoms with E-state index in [4.69, 9.17) is 24.3 Å². The molecule has 0 radical (unpaired) electrons. The Morgan fingerprint density at radius 1 is 0.477 bits per heavy atom. The van der Waals surface area contributed by atoms with E-state index in [1.165, 1.54) is 116 Å². The summed E-state index contributed by atoms with van der Waals surface area (Å²) in [5.41, 5.74) is 5.37. The van der Waals surface area contributed by atoms with Gasteiger partial charge in [-0.05, 0) is 83.5 Å². The van der Waals surface area contributed by atoms with Crippen LogP contribution in [0.4, 0.5) is 0 Å². The third kappa shape index (κ3) is 50.7. The molecule has 0 aliphatic rings. The Hall–Kier alpha value is -2.55. The SMILES string of the molecule is CC/C=C\C/C=C\C/C=C\C/C=C\C/C=C\CCCCCCCC(=O)OC(COC(=O)CCCCCCCCCCCCC/C=C\CCCCCCCCCC)COP(=O)(O)OCCN. The summed E-state index contributed by atoms with van der Waals surface area (Å²) in [5.74, 6) is -0.850. The minimum Gasteiger partial charge on any atom is -0.462 e. The zero-order valence-corrected chi connectivity index (χ0v) is 42.6. The van der Waals surface area contributed by atoms with Crippen molar-refractivity contribution in [1.82, 2.24) is 0 Å². The lowest BCUT2D eigenvalue weighted by molar-refractivity contribution is -0.161. The summed E-state index contributed by atoms with van der Waals surface area (Å²) in [6.07, 6.45) is 63.7. The van der Waals surface area contributed by atoms with Gasteiger partial charge in [-0.15, -0.1) is 0 Å². The van der Waals surface area contributed by atoms with Crippen molar-refractivity contribution >= 4 is 19.8 Å². The highest BCUT2D eigenvalue weighted by Crippen LogP contribution is 2.43. The molecular weight excluding hydrogens is 834 g/mol. The number of ether oxygens (including phenoxy) is 2. The fourth-order valence-corrected chi connectivity index (χ4v) is 7.95. The van der Waals surface area contributed by atoms with Crippen LogP contribution >= 0.6 is 7.82 Å².